The van der Waals surface area contributed by atoms with Gasteiger partial charge in [-0.05, 0) is 31.0 Å². The van der Waals surface area contributed by atoms with Crippen LogP contribution in [-0.4, -0.2) is 35.2 Å². The van der Waals surface area contributed by atoms with Gasteiger partial charge in [-0.2, -0.15) is 0 Å². The summed E-state index contributed by atoms with van der Waals surface area (Å²) in [6.07, 6.45) is 7.33. The molecule has 0 heterocycles. The van der Waals surface area contributed by atoms with Gasteiger partial charge in [0.1, 0.15) is 0 Å². The number of rotatable bonds is 4. The van der Waals surface area contributed by atoms with Crippen molar-refractivity contribution >= 4 is 11.7 Å². The van der Waals surface area contributed by atoms with Gasteiger partial charge in [0.25, 0.3) is 0 Å². The van der Waals surface area contributed by atoms with Crippen LogP contribution in [0.1, 0.15) is 18.4 Å². The SMILES string of the molecule is C#Cc1cccc(NC(=O)N(CCO)C2CC2)c1. The molecule has 1 fully saturated rings. The Hall–Kier alpha value is -1.99. The van der Waals surface area contributed by atoms with Crippen molar-refractivity contribution in [2.75, 3.05) is 18.5 Å². The number of benzene rings is 1. The Morgan fingerprint density at radius 2 is 2.33 bits per heavy atom. The number of anilines is 1. The van der Waals surface area contributed by atoms with E-state index in [0.29, 0.717) is 12.2 Å². The summed E-state index contributed by atoms with van der Waals surface area (Å²) in [6, 6.07) is 7.25. The third-order valence-corrected chi connectivity index (χ3v) is 2.87. The lowest BCUT2D eigenvalue weighted by atomic mass is 10.2. The largest absolute Gasteiger partial charge is 0.395 e. The summed E-state index contributed by atoms with van der Waals surface area (Å²) in [7, 11) is 0. The molecule has 1 aromatic rings. The first-order valence-electron chi connectivity index (χ1n) is 5.99. The molecular weight excluding hydrogens is 228 g/mol. The molecule has 18 heavy (non-hydrogen) atoms. The molecule has 2 amide bonds. The summed E-state index contributed by atoms with van der Waals surface area (Å²) in [6.45, 7) is 0.347. The summed E-state index contributed by atoms with van der Waals surface area (Å²) in [5.74, 6) is 2.53. The average molecular weight is 244 g/mol. The van der Waals surface area contributed by atoms with E-state index in [4.69, 9.17) is 11.5 Å². The van der Waals surface area contributed by atoms with Crippen molar-refractivity contribution in [1.29, 1.82) is 0 Å². The predicted molar refractivity (Wildman–Crippen MR) is 70.2 cm³/mol. The van der Waals surface area contributed by atoms with E-state index in [2.05, 4.69) is 11.2 Å². The molecule has 2 rings (SSSR count). The van der Waals surface area contributed by atoms with Gasteiger partial charge in [0, 0.05) is 23.8 Å². The minimum absolute atomic E-state index is 0.0195. The third-order valence-electron chi connectivity index (χ3n) is 2.87. The zero-order valence-electron chi connectivity index (χ0n) is 10.1. The van der Waals surface area contributed by atoms with Crippen LogP contribution in [0.15, 0.2) is 24.3 Å². The van der Waals surface area contributed by atoms with Crippen LogP contribution in [0.5, 0.6) is 0 Å². The van der Waals surface area contributed by atoms with Gasteiger partial charge in [0.15, 0.2) is 0 Å². The van der Waals surface area contributed by atoms with Crippen molar-refractivity contribution in [2.45, 2.75) is 18.9 Å². The average Bonchev–Trinajstić information content (AvgIpc) is 3.20. The van der Waals surface area contributed by atoms with Crippen LogP contribution >= 0.6 is 0 Å². The highest BCUT2D eigenvalue weighted by Gasteiger charge is 2.32. The van der Waals surface area contributed by atoms with Gasteiger partial charge in [-0.1, -0.05) is 12.0 Å². The van der Waals surface area contributed by atoms with Crippen LogP contribution < -0.4 is 5.32 Å². The predicted octanol–water partition coefficient (Wildman–Crippen LogP) is 1.66. The van der Waals surface area contributed by atoms with E-state index >= 15 is 0 Å². The molecule has 1 aliphatic rings. The zero-order valence-corrected chi connectivity index (χ0v) is 10.1. The molecule has 0 saturated heterocycles. The number of carbonyl (C=O) groups excluding carboxylic acids is 1. The molecule has 0 aromatic heterocycles. The lowest BCUT2D eigenvalue weighted by Crippen LogP contribution is -2.38. The minimum atomic E-state index is -0.180. The van der Waals surface area contributed by atoms with Crippen molar-refractivity contribution in [3.63, 3.8) is 0 Å². The number of aliphatic hydroxyl groups excluding tert-OH is 1. The fourth-order valence-corrected chi connectivity index (χ4v) is 1.83. The van der Waals surface area contributed by atoms with Crippen LogP contribution in [0.3, 0.4) is 0 Å². The van der Waals surface area contributed by atoms with Gasteiger partial charge < -0.3 is 15.3 Å². The van der Waals surface area contributed by atoms with Gasteiger partial charge >= 0.3 is 6.03 Å². The Labute approximate surface area is 107 Å². The summed E-state index contributed by atoms with van der Waals surface area (Å²) in [4.78, 5) is 13.7. The highest BCUT2D eigenvalue weighted by atomic mass is 16.3. The maximum absolute atomic E-state index is 12.0. The van der Waals surface area contributed by atoms with E-state index in [9.17, 15) is 4.79 Å². The maximum atomic E-state index is 12.0. The minimum Gasteiger partial charge on any atom is -0.395 e. The molecule has 2 N–H and O–H groups in total. The Balaban J connectivity index is 2.03. The first-order valence-corrected chi connectivity index (χ1v) is 5.99. The summed E-state index contributed by atoms with van der Waals surface area (Å²) in [5, 5.41) is 11.8. The van der Waals surface area contributed by atoms with Gasteiger partial charge in [-0.15, -0.1) is 6.42 Å². The van der Waals surface area contributed by atoms with Crippen molar-refractivity contribution in [3.8, 4) is 12.3 Å². The van der Waals surface area contributed by atoms with Gasteiger partial charge in [0.2, 0.25) is 0 Å². The van der Waals surface area contributed by atoms with Crippen molar-refractivity contribution < 1.29 is 9.90 Å². The lowest BCUT2D eigenvalue weighted by Gasteiger charge is -2.21. The summed E-state index contributed by atoms with van der Waals surface area (Å²) < 4.78 is 0. The van der Waals surface area contributed by atoms with E-state index in [0.717, 1.165) is 18.4 Å². The maximum Gasteiger partial charge on any atom is 0.322 e. The van der Waals surface area contributed by atoms with Crippen LogP contribution in [0, 0.1) is 12.3 Å². The van der Waals surface area contributed by atoms with E-state index in [1.54, 1.807) is 23.1 Å². The number of nitrogens with zero attached hydrogens (tertiary/aromatic N) is 1. The molecule has 0 aliphatic heterocycles. The fourth-order valence-electron chi connectivity index (χ4n) is 1.83. The summed E-state index contributed by atoms with van der Waals surface area (Å²) >= 11 is 0. The molecule has 4 nitrogen and oxygen atoms in total. The third kappa shape index (κ3) is 3.02. The topological polar surface area (TPSA) is 52.6 Å². The molecule has 94 valence electrons. The Bertz CT molecular complexity index is 475. The second-order valence-electron chi connectivity index (χ2n) is 4.30. The second kappa shape index (κ2) is 5.56. The fraction of sp³-hybridized carbons (Fsp3) is 0.357. The number of terminal acetylenes is 1. The van der Waals surface area contributed by atoms with E-state index < -0.39 is 0 Å². The Kier molecular flexibility index (Phi) is 3.85. The molecule has 1 aromatic carbocycles. The number of aliphatic hydroxyl groups is 1. The Morgan fingerprint density at radius 3 is 2.94 bits per heavy atom. The van der Waals surface area contributed by atoms with E-state index in [1.165, 1.54) is 0 Å². The monoisotopic (exact) mass is 244 g/mol. The highest BCUT2D eigenvalue weighted by Crippen LogP contribution is 2.27. The zero-order chi connectivity index (χ0) is 13.0. The van der Waals surface area contributed by atoms with E-state index in [-0.39, 0.29) is 18.7 Å². The number of nitrogens with one attached hydrogen (secondary N) is 1. The van der Waals surface area contributed by atoms with Crippen LogP contribution in [0.4, 0.5) is 10.5 Å². The molecule has 4 heteroatoms. The number of hydrogen-bond acceptors (Lipinski definition) is 2. The molecule has 0 unspecified atom stereocenters. The highest BCUT2D eigenvalue weighted by molar-refractivity contribution is 5.90. The van der Waals surface area contributed by atoms with Crippen LogP contribution in [0.25, 0.3) is 0 Å². The van der Waals surface area contributed by atoms with Gasteiger partial charge in [-0.25, -0.2) is 4.79 Å². The van der Waals surface area contributed by atoms with Crippen molar-refractivity contribution in [3.05, 3.63) is 29.8 Å². The van der Waals surface area contributed by atoms with Crippen LogP contribution in [-0.2, 0) is 0 Å². The number of hydrogen-bond donors (Lipinski definition) is 2. The Morgan fingerprint density at radius 1 is 1.56 bits per heavy atom. The van der Waals surface area contributed by atoms with Crippen molar-refractivity contribution in [1.82, 2.24) is 4.90 Å². The first-order chi connectivity index (χ1) is 8.74. The molecule has 1 aliphatic carbocycles. The number of carbonyl (C=O) groups is 1. The molecule has 1 saturated carbocycles. The van der Waals surface area contributed by atoms with Gasteiger partial charge in [-0.3, -0.25) is 0 Å². The van der Waals surface area contributed by atoms with Crippen LogP contribution in [0.2, 0.25) is 0 Å². The molecular formula is C14H16N2O2. The first kappa shape index (κ1) is 12.5. The lowest BCUT2D eigenvalue weighted by molar-refractivity contribution is 0.185. The molecule has 0 spiro atoms. The summed E-state index contributed by atoms with van der Waals surface area (Å²) in [5.41, 5.74) is 1.41. The van der Waals surface area contributed by atoms with Crippen molar-refractivity contribution in [2.24, 2.45) is 0 Å². The van der Waals surface area contributed by atoms with Gasteiger partial charge in [0.05, 0.1) is 6.61 Å². The van der Waals surface area contributed by atoms with E-state index in [1.807, 2.05) is 6.07 Å². The number of urea groups is 1. The normalized spacial score (nSPS) is 13.8. The second-order valence-corrected chi connectivity index (χ2v) is 4.30. The number of amides is 2. The smallest absolute Gasteiger partial charge is 0.322 e. The quantitative estimate of drug-likeness (QED) is 0.791. The molecule has 0 radical (unpaired) electrons. The standard InChI is InChI=1S/C14H16N2O2/c1-2-11-4-3-5-12(10-11)15-14(18)16(8-9-17)13-6-7-13/h1,3-5,10,13,17H,6-9H2,(H,15,18). The molecule has 0 atom stereocenters. The molecule has 0 bridgehead atoms.